The highest BCUT2D eigenvalue weighted by Crippen LogP contribution is 2.42. The van der Waals surface area contributed by atoms with E-state index in [1.54, 1.807) is 12.3 Å². The summed E-state index contributed by atoms with van der Waals surface area (Å²) in [4.78, 5) is 26.4. The second kappa shape index (κ2) is 11.3. The fraction of sp³-hybridized carbons (Fsp3) is 0.407. The molecule has 43 heavy (non-hydrogen) atoms. The van der Waals surface area contributed by atoms with Crippen molar-refractivity contribution in [1.29, 1.82) is 0 Å². The number of ether oxygens (including phenoxy) is 2. The van der Waals surface area contributed by atoms with Gasteiger partial charge in [-0.25, -0.2) is 28.2 Å². The highest BCUT2D eigenvalue weighted by molar-refractivity contribution is 7.90. The van der Waals surface area contributed by atoms with Crippen LogP contribution in [0.25, 0.3) is 11.1 Å². The average molecular weight is 633 g/mol. The molecule has 2 aromatic heterocycles. The summed E-state index contributed by atoms with van der Waals surface area (Å²) < 4.78 is 116. The number of pyridine rings is 1. The number of rotatable bonds is 7. The molecule has 1 aliphatic rings. The number of aromatic nitrogens is 3. The third-order valence-electron chi connectivity index (χ3n) is 6.85. The molecule has 9 nitrogen and oxygen atoms in total. The van der Waals surface area contributed by atoms with Crippen molar-refractivity contribution in [3.63, 3.8) is 0 Å². The Bertz CT molecular complexity index is 1630. The molecule has 0 unspecified atom stereocenters. The maximum Gasteiger partial charge on any atom is 0.416 e. The second-order valence-electron chi connectivity index (χ2n) is 10.3. The number of cyclic esters (lactones) is 1. The lowest BCUT2D eigenvalue weighted by molar-refractivity contribution is -0.143. The minimum absolute atomic E-state index is 0.000837. The van der Waals surface area contributed by atoms with Gasteiger partial charge in [-0.15, -0.1) is 0 Å². The molecule has 4 rings (SSSR count). The number of carbonyl (C=O) groups is 1. The average Bonchev–Trinajstić information content (AvgIpc) is 3.19. The van der Waals surface area contributed by atoms with Crippen molar-refractivity contribution in [2.75, 3.05) is 13.4 Å². The molecule has 0 spiro atoms. The third kappa shape index (κ3) is 6.68. The number of amides is 1. The summed E-state index contributed by atoms with van der Waals surface area (Å²) >= 11 is 0. The molecule has 0 radical (unpaired) electrons. The van der Waals surface area contributed by atoms with E-state index in [1.165, 1.54) is 20.2 Å². The Labute approximate surface area is 242 Å². The fourth-order valence-corrected chi connectivity index (χ4v) is 5.05. The minimum atomic E-state index is -5.10. The summed E-state index contributed by atoms with van der Waals surface area (Å²) in [6.45, 7) is 4.77. The number of hydrogen-bond donors (Lipinski definition) is 0. The molecule has 1 fully saturated rings. The zero-order valence-corrected chi connectivity index (χ0v) is 24.2. The van der Waals surface area contributed by atoms with Gasteiger partial charge in [0.1, 0.15) is 6.10 Å². The van der Waals surface area contributed by atoms with Gasteiger partial charge in [0.15, 0.2) is 0 Å². The number of benzene rings is 1. The Hall–Kier alpha value is -3.95. The SMILES string of the molecule is COc1ncc(C(C)C)cc1-c1cnc(S(C)(=O)=O)nc1CN1C(=O)O[C@H](c2cc(C(F)(F)F)cc(C(F)(F)F)c2)[C@@H]1C. The largest absolute Gasteiger partial charge is 0.481 e. The van der Waals surface area contributed by atoms with Gasteiger partial charge < -0.3 is 9.47 Å². The molecule has 3 heterocycles. The van der Waals surface area contributed by atoms with E-state index in [1.807, 2.05) is 13.8 Å². The molecular formula is C27H26F6N4O5S. The Morgan fingerprint density at radius 1 is 0.977 bits per heavy atom. The van der Waals surface area contributed by atoms with Crippen LogP contribution in [0.5, 0.6) is 5.88 Å². The van der Waals surface area contributed by atoms with Crippen LogP contribution >= 0.6 is 0 Å². The smallest absolute Gasteiger partial charge is 0.416 e. The maximum atomic E-state index is 13.5. The zero-order valence-electron chi connectivity index (χ0n) is 23.4. The fourth-order valence-electron chi connectivity index (χ4n) is 4.53. The van der Waals surface area contributed by atoms with Crippen molar-refractivity contribution in [1.82, 2.24) is 19.9 Å². The normalized spacial score (nSPS) is 17.9. The molecular weight excluding hydrogens is 606 g/mol. The van der Waals surface area contributed by atoms with Crippen LogP contribution in [-0.2, 0) is 33.5 Å². The highest BCUT2D eigenvalue weighted by Gasteiger charge is 2.43. The monoisotopic (exact) mass is 632 g/mol. The highest BCUT2D eigenvalue weighted by atomic mass is 32.2. The van der Waals surface area contributed by atoms with Gasteiger partial charge in [-0.2, -0.15) is 26.3 Å². The lowest BCUT2D eigenvalue weighted by Crippen LogP contribution is -2.32. The van der Waals surface area contributed by atoms with Gasteiger partial charge in [-0.05, 0) is 48.2 Å². The lowest BCUT2D eigenvalue weighted by atomic mass is 9.97. The van der Waals surface area contributed by atoms with E-state index in [2.05, 4.69) is 15.0 Å². The number of sulfone groups is 1. The van der Waals surface area contributed by atoms with Gasteiger partial charge in [0.05, 0.1) is 36.5 Å². The first-order chi connectivity index (χ1) is 19.8. The van der Waals surface area contributed by atoms with Crippen molar-refractivity contribution >= 4 is 15.9 Å². The Kier molecular flexibility index (Phi) is 8.39. The topological polar surface area (TPSA) is 112 Å². The summed E-state index contributed by atoms with van der Waals surface area (Å²) in [5, 5.41) is -0.567. The molecule has 1 aromatic carbocycles. The van der Waals surface area contributed by atoms with E-state index < -0.39 is 68.8 Å². The van der Waals surface area contributed by atoms with E-state index in [-0.39, 0.29) is 29.1 Å². The van der Waals surface area contributed by atoms with Crippen molar-refractivity contribution in [3.05, 3.63) is 64.6 Å². The van der Waals surface area contributed by atoms with Crippen LogP contribution in [0.2, 0.25) is 0 Å². The summed E-state index contributed by atoms with van der Waals surface area (Å²) in [7, 11) is -2.57. The van der Waals surface area contributed by atoms with Crippen LogP contribution in [0.1, 0.15) is 60.7 Å². The van der Waals surface area contributed by atoms with Crippen LogP contribution in [0.4, 0.5) is 31.1 Å². The molecule has 0 aliphatic carbocycles. The van der Waals surface area contributed by atoms with Crippen molar-refractivity contribution in [2.24, 2.45) is 0 Å². The predicted molar refractivity (Wildman–Crippen MR) is 140 cm³/mol. The molecule has 0 bridgehead atoms. The number of halogens is 6. The van der Waals surface area contributed by atoms with Crippen LogP contribution in [0.15, 0.2) is 41.8 Å². The van der Waals surface area contributed by atoms with Gasteiger partial charge in [0.2, 0.25) is 20.9 Å². The molecule has 2 atom stereocenters. The second-order valence-corrected chi connectivity index (χ2v) is 12.2. The predicted octanol–water partition coefficient (Wildman–Crippen LogP) is 6.19. The number of alkyl halides is 6. The zero-order chi connectivity index (χ0) is 32.1. The van der Waals surface area contributed by atoms with E-state index in [0.29, 0.717) is 17.7 Å². The Morgan fingerprint density at radius 2 is 1.58 bits per heavy atom. The summed E-state index contributed by atoms with van der Waals surface area (Å²) in [6.07, 6.45) is -9.09. The van der Waals surface area contributed by atoms with Gasteiger partial charge >= 0.3 is 18.4 Å². The van der Waals surface area contributed by atoms with E-state index in [4.69, 9.17) is 9.47 Å². The van der Waals surface area contributed by atoms with Gasteiger partial charge in [-0.1, -0.05) is 13.8 Å². The molecule has 1 aliphatic heterocycles. The molecule has 0 N–H and O–H groups in total. The van der Waals surface area contributed by atoms with Gasteiger partial charge in [-0.3, -0.25) is 4.90 Å². The first-order valence-corrected chi connectivity index (χ1v) is 14.6. The van der Waals surface area contributed by atoms with Gasteiger partial charge in [0, 0.05) is 29.8 Å². The lowest BCUT2D eigenvalue weighted by Gasteiger charge is -2.23. The van der Waals surface area contributed by atoms with E-state index in [0.717, 1.165) is 16.7 Å². The molecule has 16 heteroatoms. The standard InChI is InChI=1S/C27H26F6N4O5S/c1-13(2)16-8-19(23(41-4)34-10-16)20-11-35-24(43(5,39)40)36-21(20)12-37-14(3)22(42-25(37)38)15-6-17(26(28,29)30)9-18(7-15)27(31,32)33/h6-11,13-14,22H,12H2,1-5H3/t14-,22-/m0/s1. The maximum absolute atomic E-state index is 13.5. The minimum Gasteiger partial charge on any atom is -0.481 e. The quantitative estimate of drug-likeness (QED) is 0.224. The van der Waals surface area contributed by atoms with Crippen molar-refractivity contribution < 1.29 is 49.0 Å². The molecule has 1 amide bonds. The van der Waals surface area contributed by atoms with E-state index in [9.17, 15) is 39.6 Å². The summed E-state index contributed by atoms with van der Waals surface area (Å²) in [5.41, 5.74) is -2.23. The molecule has 3 aromatic rings. The van der Waals surface area contributed by atoms with Crippen LogP contribution in [-0.4, -0.2) is 53.8 Å². The summed E-state index contributed by atoms with van der Waals surface area (Å²) in [6, 6.07) is 1.62. The molecule has 232 valence electrons. The number of hydrogen-bond acceptors (Lipinski definition) is 8. The Morgan fingerprint density at radius 3 is 2.09 bits per heavy atom. The van der Waals surface area contributed by atoms with Crippen LogP contribution < -0.4 is 4.74 Å². The van der Waals surface area contributed by atoms with E-state index >= 15 is 0 Å². The van der Waals surface area contributed by atoms with Crippen LogP contribution in [0.3, 0.4) is 0 Å². The first kappa shape index (κ1) is 32.0. The number of methoxy groups -OCH3 is 1. The first-order valence-electron chi connectivity index (χ1n) is 12.7. The van der Waals surface area contributed by atoms with Crippen molar-refractivity contribution in [3.8, 4) is 17.0 Å². The third-order valence-corrected chi connectivity index (χ3v) is 7.71. The number of carbonyl (C=O) groups excluding carboxylic acids is 1. The van der Waals surface area contributed by atoms with Crippen molar-refractivity contribution in [2.45, 2.75) is 62.9 Å². The summed E-state index contributed by atoms with van der Waals surface area (Å²) in [5.74, 6) is 0.167. The molecule has 1 saturated heterocycles. The number of nitrogens with zero attached hydrogens (tertiary/aromatic N) is 4. The molecule has 0 saturated carbocycles. The van der Waals surface area contributed by atoms with Crippen LogP contribution in [0, 0.1) is 0 Å². The van der Waals surface area contributed by atoms with Gasteiger partial charge in [0.25, 0.3) is 0 Å². The Balaban J connectivity index is 1.81.